The fourth-order valence-corrected chi connectivity index (χ4v) is 2.65. The zero-order chi connectivity index (χ0) is 14.8. The van der Waals surface area contributed by atoms with Gasteiger partial charge in [-0.05, 0) is 36.6 Å². The van der Waals surface area contributed by atoms with E-state index >= 15 is 0 Å². The summed E-state index contributed by atoms with van der Waals surface area (Å²) in [5.74, 6) is 0.635. The molecule has 0 bridgehead atoms. The summed E-state index contributed by atoms with van der Waals surface area (Å²) in [5.41, 5.74) is 1.38. The summed E-state index contributed by atoms with van der Waals surface area (Å²) in [4.78, 5) is 28.3. The van der Waals surface area contributed by atoms with Crippen molar-refractivity contribution in [3.05, 3.63) is 45.6 Å². The van der Waals surface area contributed by atoms with Crippen molar-refractivity contribution in [1.82, 2.24) is 4.90 Å². The Morgan fingerprint density at radius 1 is 1.19 bits per heavy atom. The van der Waals surface area contributed by atoms with Gasteiger partial charge in [-0.2, -0.15) is 4.99 Å². The molecule has 6 nitrogen and oxygen atoms in total. The summed E-state index contributed by atoms with van der Waals surface area (Å²) in [6.45, 7) is 0.809. The predicted molar refractivity (Wildman–Crippen MR) is 78.7 cm³/mol. The molecule has 2 aliphatic heterocycles. The molecule has 0 unspecified atom stereocenters. The van der Waals surface area contributed by atoms with Crippen LogP contribution in [-0.2, 0) is 4.79 Å². The summed E-state index contributed by atoms with van der Waals surface area (Å²) in [7, 11) is 0. The first-order valence-corrected chi connectivity index (χ1v) is 7.01. The Balaban J connectivity index is 1.88. The number of rotatable bonds is 2. The standard InChI is InChI=1S/C15H15N3O3/c19-15-13(17-9-3-1-2-4-14(17)16-15)10-11-5-7-12(8-6-11)18(20)21/h5-8,10H,1-4,9H2/b13-10-. The smallest absolute Gasteiger partial charge is 0.295 e. The minimum atomic E-state index is -0.437. The second-order valence-corrected chi connectivity index (χ2v) is 5.17. The molecule has 2 aliphatic rings. The quantitative estimate of drug-likeness (QED) is 0.475. The zero-order valence-electron chi connectivity index (χ0n) is 11.5. The Kier molecular flexibility index (Phi) is 3.51. The molecule has 0 spiro atoms. The third-order valence-electron chi connectivity index (χ3n) is 3.74. The number of benzene rings is 1. The minimum Gasteiger partial charge on any atom is -0.325 e. The SMILES string of the molecule is O=C1N=C2CCCCCN2/C1=C\c1ccc([N+](=O)[O-])cc1. The number of carbonyl (C=O) groups is 1. The van der Waals surface area contributed by atoms with E-state index in [1.54, 1.807) is 18.2 Å². The molecule has 21 heavy (non-hydrogen) atoms. The van der Waals surface area contributed by atoms with Crippen LogP contribution in [0.25, 0.3) is 6.08 Å². The first-order chi connectivity index (χ1) is 10.1. The van der Waals surface area contributed by atoms with Crippen LogP contribution in [0, 0.1) is 10.1 Å². The zero-order valence-corrected chi connectivity index (χ0v) is 11.5. The van der Waals surface area contributed by atoms with Crippen molar-refractivity contribution < 1.29 is 9.72 Å². The molecule has 0 saturated carbocycles. The Hall–Kier alpha value is -2.50. The average Bonchev–Trinajstić information content (AvgIpc) is 2.65. The second-order valence-electron chi connectivity index (χ2n) is 5.17. The van der Waals surface area contributed by atoms with Gasteiger partial charge in [-0.1, -0.05) is 6.42 Å². The van der Waals surface area contributed by atoms with Crippen molar-refractivity contribution in [1.29, 1.82) is 0 Å². The van der Waals surface area contributed by atoms with E-state index in [4.69, 9.17) is 0 Å². The van der Waals surface area contributed by atoms with Crippen LogP contribution in [0.5, 0.6) is 0 Å². The van der Waals surface area contributed by atoms with Gasteiger partial charge in [0.1, 0.15) is 11.5 Å². The fraction of sp³-hybridized carbons (Fsp3) is 0.333. The highest BCUT2D eigenvalue weighted by Crippen LogP contribution is 2.25. The van der Waals surface area contributed by atoms with Crippen molar-refractivity contribution in [2.45, 2.75) is 25.7 Å². The number of non-ortho nitro benzene ring substituents is 1. The van der Waals surface area contributed by atoms with Gasteiger partial charge in [-0.15, -0.1) is 0 Å². The Bertz CT molecular complexity index is 647. The van der Waals surface area contributed by atoms with Crippen molar-refractivity contribution in [2.24, 2.45) is 4.99 Å². The molecular formula is C15H15N3O3. The van der Waals surface area contributed by atoms with Gasteiger partial charge < -0.3 is 4.90 Å². The summed E-state index contributed by atoms with van der Waals surface area (Å²) in [5, 5.41) is 10.6. The highest BCUT2D eigenvalue weighted by atomic mass is 16.6. The van der Waals surface area contributed by atoms with Gasteiger partial charge in [0.15, 0.2) is 0 Å². The summed E-state index contributed by atoms with van der Waals surface area (Å²) >= 11 is 0. The van der Waals surface area contributed by atoms with E-state index in [-0.39, 0.29) is 11.6 Å². The molecule has 0 atom stereocenters. The Morgan fingerprint density at radius 2 is 1.95 bits per heavy atom. The van der Waals surface area contributed by atoms with E-state index in [2.05, 4.69) is 4.99 Å². The van der Waals surface area contributed by atoms with Crippen LogP contribution >= 0.6 is 0 Å². The Labute approximate surface area is 121 Å². The van der Waals surface area contributed by atoms with Gasteiger partial charge in [-0.3, -0.25) is 14.9 Å². The predicted octanol–water partition coefficient (Wildman–Crippen LogP) is 2.75. The molecule has 1 fully saturated rings. The number of carbonyl (C=O) groups excluding carboxylic acids is 1. The van der Waals surface area contributed by atoms with Crippen LogP contribution < -0.4 is 0 Å². The van der Waals surface area contributed by atoms with Gasteiger partial charge in [0.25, 0.3) is 11.6 Å². The summed E-state index contributed by atoms with van der Waals surface area (Å²) in [6.07, 6.45) is 5.85. The van der Waals surface area contributed by atoms with Crippen LogP contribution in [0.3, 0.4) is 0 Å². The Morgan fingerprint density at radius 3 is 2.67 bits per heavy atom. The number of fused-ring (bicyclic) bond motifs is 1. The lowest BCUT2D eigenvalue weighted by Gasteiger charge is -2.18. The highest BCUT2D eigenvalue weighted by molar-refractivity contribution is 6.13. The molecule has 2 heterocycles. The molecule has 0 N–H and O–H groups in total. The van der Waals surface area contributed by atoms with Gasteiger partial charge >= 0.3 is 0 Å². The first-order valence-electron chi connectivity index (χ1n) is 7.01. The number of hydrogen-bond acceptors (Lipinski definition) is 4. The number of nitro groups is 1. The molecule has 1 aromatic rings. The van der Waals surface area contributed by atoms with Crippen molar-refractivity contribution in [3.8, 4) is 0 Å². The lowest BCUT2D eigenvalue weighted by atomic mass is 10.1. The van der Waals surface area contributed by atoms with E-state index in [0.29, 0.717) is 5.70 Å². The maximum Gasteiger partial charge on any atom is 0.295 e. The molecule has 3 rings (SSSR count). The fourth-order valence-electron chi connectivity index (χ4n) is 2.65. The molecule has 1 saturated heterocycles. The molecule has 6 heteroatoms. The van der Waals surface area contributed by atoms with Gasteiger partial charge in [0, 0.05) is 25.1 Å². The van der Waals surface area contributed by atoms with Crippen LogP contribution in [0.2, 0.25) is 0 Å². The topological polar surface area (TPSA) is 75.8 Å². The third-order valence-corrected chi connectivity index (χ3v) is 3.74. The van der Waals surface area contributed by atoms with Gasteiger partial charge in [0.05, 0.1) is 4.92 Å². The average molecular weight is 285 g/mol. The lowest BCUT2D eigenvalue weighted by Crippen LogP contribution is -2.26. The molecule has 1 aromatic carbocycles. The van der Waals surface area contributed by atoms with E-state index in [1.165, 1.54) is 12.1 Å². The monoisotopic (exact) mass is 285 g/mol. The van der Waals surface area contributed by atoms with Crippen LogP contribution in [-0.4, -0.2) is 28.1 Å². The van der Waals surface area contributed by atoms with Crippen LogP contribution in [0.15, 0.2) is 35.0 Å². The van der Waals surface area contributed by atoms with Crippen molar-refractivity contribution >= 4 is 23.5 Å². The van der Waals surface area contributed by atoms with E-state index in [0.717, 1.165) is 43.6 Å². The van der Waals surface area contributed by atoms with E-state index < -0.39 is 4.92 Å². The second kappa shape index (κ2) is 5.47. The molecule has 0 aliphatic carbocycles. The normalized spacial score (nSPS) is 20.2. The number of nitrogens with zero attached hydrogens (tertiary/aromatic N) is 3. The van der Waals surface area contributed by atoms with Crippen molar-refractivity contribution in [3.63, 3.8) is 0 Å². The maximum absolute atomic E-state index is 12.0. The van der Waals surface area contributed by atoms with Crippen LogP contribution in [0.1, 0.15) is 31.2 Å². The maximum atomic E-state index is 12.0. The van der Waals surface area contributed by atoms with Crippen molar-refractivity contribution in [2.75, 3.05) is 6.54 Å². The molecule has 1 amide bonds. The van der Waals surface area contributed by atoms with E-state index in [1.807, 2.05) is 4.90 Å². The lowest BCUT2D eigenvalue weighted by molar-refractivity contribution is -0.384. The number of aliphatic imine (C=N–C) groups is 1. The van der Waals surface area contributed by atoms with Gasteiger partial charge in [0.2, 0.25) is 0 Å². The first kappa shape index (κ1) is 13.5. The van der Waals surface area contributed by atoms with Crippen LogP contribution in [0.4, 0.5) is 5.69 Å². The van der Waals surface area contributed by atoms with E-state index in [9.17, 15) is 14.9 Å². The molecular weight excluding hydrogens is 270 g/mol. The third kappa shape index (κ3) is 2.69. The number of nitro benzene ring substituents is 1. The van der Waals surface area contributed by atoms with Gasteiger partial charge in [-0.25, -0.2) is 0 Å². The minimum absolute atomic E-state index is 0.0432. The largest absolute Gasteiger partial charge is 0.325 e. The number of amidine groups is 1. The summed E-state index contributed by atoms with van der Waals surface area (Å²) in [6, 6.07) is 6.18. The summed E-state index contributed by atoms with van der Waals surface area (Å²) < 4.78 is 0. The number of amides is 1. The molecule has 108 valence electrons. The molecule has 0 radical (unpaired) electrons. The molecule has 0 aromatic heterocycles. The highest BCUT2D eigenvalue weighted by Gasteiger charge is 2.29. The number of hydrogen-bond donors (Lipinski definition) is 0.